The van der Waals surface area contributed by atoms with E-state index in [0.717, 1.165) is 18.4 Å². The van der Waals surface area contributed by atoms with Crippen LogP contribution in [0.1, 0.15) is 76.3 Å². The van der Waals surface area contributed by atoms with Gasteiger partial charge in [-0.15, -0.1) is 0 Å². The highest BCUT2D eigenvalue weighted by Gasteiger charge is 2.27. The van der Waals surface area contributed by atoms with Gasteiger partial charge in [0.2, 0.25) is 0 Å². The molecule has 1 heterocycles. The lowest BCUT2D eigenvalue weighted by atomic mass is 9.79. The van der Waals surface area contributed by atoms with Crippen LogP contribution in [0.3, 0.4) is 0 Å². The maximum absolute atomic E-state index is 3.62. The van der Waals surface area contributed by atoms with E-state index in [-0.39, 0.29) is 5.41 Å². The number of benzene rings is 1. The van der Waals surface area contributed by atoms with Crippen molar-refractivity contribution < 1.29 is 0 Å². The van der Waals surface area contributed by atoms with Crippen molar-refractivity contribution >= 4 is 5.69 Å². The molecule has 0 bridgehead atoms. The van der Waals surface area contributed by atoms with Gasteiger partial charge in [0.1, 0.15) is 0 Å². The van der Waals surface area contributed by atoms with Crippen LogP contribution in [0.4, 0.5) is 5.69 Å². The molecule has 0 spiro atoms. The lowest BCUT2D eigenvalue weighted by Gasteiger charge is -2.25. The first kappa shape index (κ1) is 14.0. The second-order valence-corrected chi connectivity index (χ2v) is 7.87. The zero-order valence-corrected chi connectivity index (χ0v) is 13.3. The van der Waals surface area contributed by atoms with E-state index in [1.807, 2.05) is 0 Å². The summed E-state index contributed by atoms with van der Waals surface area (Å²) in [6.45, 7) is 8.09. The molecular weight excluding hydrogens is 242 g/mol. The largest absolute Gasteiger partial charge is 0.384 e. The van der Waals surface area contributed by atoms with Gasteiger partial charge in [-0.3, -0.25) is 0 Å². The molecule has 1 N–H and O–H groups in total. The molecule has 1 aromatic carbocycles. The fourth-order valence-corrected chi connectivity index (χ4v) is 3.91. The SMILES string of the molecule is CC(C)(C)c1ccc2c(c1)C(CC1CCCCC1)CN2. The maximum Gasteiger partial charge on any atom is 0.0376 e. The van der Waals surface area contributed by atoms with Crippen LogP contribution in [-0.2, 0) is 5.41 Å². The summed E-state index contributed by atoms with van der Waals surface area (Å²) in [5.74, 6) is 1.72. The summed E-state index contributed by atoms with van der Waals surface area (Å²) in [6.07, 6.45) is 8.70. The van der Waals surface area contributed by atoms with Crippen LogP contribution in [-0.4, -0.2) is 6.54 Å². The van der Waals surface area contributed by atoms with Crippen molar-refractivity contribution in [3.05, 3.63) is 29.3 Å². The van der Waals surface area contributed by atoms with Crippen LogP contribution in [0.2, 0.25) is 0 Å². The Hall–Kier alpha value is -0.980. The molecule has 1 nitrogen and oxygen atoms in total. The standard InChI is InChI=1S/C19H29N/c1-19(2,3)16-9-10-18-17(12-16)15(13-20-18)11-14-7-5-4-6-8-14/h9-10,12,14-15,20H,4-8,11,13H2,1-3H3. The summed E-state index contributed by atoms with van der Waals surface area (Å²) in [7, 11) is 0. The molecular formula is C19H29N. The molecule has 0 amide bonds. The Morgan fingerprint density at radius 2 is 1.85 bits per heavy atom. The minimum Gasteiger partial charge on any atom is -0.384 e. The van der Waals surface area contributed by atoms with E-state index in [0.29, 0.717) is 0 Å². The average molecular weight is 271 g/mol. The minimum absolute atomic E-state index is 0.257. The van der Waals surface area contributed by atoms with E-state index in [9.17, 15) is 0 Å². The molecule has 1 saturated carbocycles. The van der Waals surface area contributed by atoms with Crippen LogP contribution in [0.15, 0.2) is 18.2 Å². The second-order valence-electron chi connectivity index (χ2n) is 7.87. The van der Waals surface area contributed by atoms with Gasteiger partial charge in [0.15, 0.2) is 0 Å². The van der Waals surface area contributed by atoms with Crippen molar-refractivity contribution in [3.63, 3.8) is 0 Å². The van der Waals surface area contributed by atoms with Crippen molar-refractivity contribution in [2.24, 2.45) is 5.92 Å². The monoisotopic (exact) mass is 271 g/mol. The first-order chi connectivity index (χ1) is 9.54. The van der Waals surface area contributed by atoms with Crippen molar-refractivity contribution in [2.45, 2.75) is 70.6 Å². The van der Waals surface area contributed by atoms with Crippen LogP contribution < -0.4 is 5.32 Å². The number of nitrogens with one attached hydrogen (secondary N) is 1. The smallest absolute Gasteiger partial charge is 0.0376 e. The highest BCUT2D eigenvalue weighted by molar-refractivity contribution is 5.59. The number of hydrogen-bond donors (Lipinski definition) is 1. The fourth-order valence-electron chi connectivity index (χ4n) is 3.91. The third-order valence-electron chi connectivity index (χ3n) is 5.24. The predicted molar refractivity (Wildman–Crippen MR) is 87.6 cm³/mol. The van der Waals surface area contributed by atoms with Gasteiger partial charge >= 0.3 is 0 Å². The highest BCUT2D eigenvalue weighted by atomic mass is 14.9. The lowest BCUT2D eigenvalue weighted by molar-refractivity contribution is 0.322. The van der Waals surface area contributed by atoms with Crippen LogP contribution >= 0.6 is 0 Å². The Morgan fingerprint density at radius 3 is 2.55 bits per heavy atom. The van der Waals surface area contributed by atoms with E-state index in [4.69, 9.17) is 0 Å². The van der Waals surface area contributed by atoms with Crippen LogP contribution in [0, 0.1) is 5.92 Å². The molecule has 1 heteroatoms. The van der Waals surface area contributed by atoms with Gasteiger partial charge in [0.05, 0.1) is 0 Å². The third kappa shape index (κ3) is 2.87. The summed E-state index contributed by atoms with van der Waals surface area (Å²) in [5, 5.41) is 3.62. The van der Waals surface area contributed by atoms with Crippen molar-refractivity contribution in [2.75, 3.05) is 11.9 Å². The Kier molecular flexibility index (Phi) is 3.79. The van der Waals surface area contributed by atoms with E-state index < -0.39 is 0 Å². The molecule has 1 aliphatic heterocycles. The second kappa shape index (κ2) is 5.42. The summed E-state index contributed by atoms with van der Waals surface area (Å²) < 4.78 is 0. The molecule has 0 radical (unpaired) electrons. The van der Waals surface area contributed by atoms with Crippen molar-refractivity contribution in [1.29, 1.82) is 0 Å². The number of fused-ring (bicyclic) bond motifs is 1. The molecule has 0 aromatic heterocycles. The zero-order chi connectivity index (χ0) is 14.2. The van der Waals surface area contributed by atoms with E-state index in [2.05, 4.69) is 44.3 Å². The van der Waals surface area contributed by atoms with Crippen molar-refractivity contribution in [1.82, 2.24) is 0 Å². The normalized spacial score (nSPS) is 23.4. The maximum atomic E-state index is 3.62. The molecule has 1 fully saturated rings. The molecule has 20 heavy (non-hydrogen) atoms. The Morgan fingerprint density at radius 1 is 1.10 bits per heavy atom. The highest BCUT2D eigenvalue weighted by Crippen LogP contribution is 2.40. The molecule has 0 saturated heterocycles. The average Bonchev–Trinajstić information content (AvgIpc) is 2.82. The quantitative estimate of drug-likeness (QED) is 0.752. The van der Waals surface area contributed by atoms with Gasteiger partial charge in [-0.2, -0.15) is 0 Å². The fraction of sp³-hybridized carbons (Fsp3) is 0.684. The summed E-state index contributed by atoms with van der Waals surface area (Å²) in [4.78, 5) is 0. The summed E-state index contributed by atoms with van der Waals surface area (Å²) in [5.41, 5.74) is 4.71. The molecule has 110 valence electrons. The Bertz CT molecular complexity index is 463. The Balaban J connectivity index is 1.77. The van der Waals surface area contributed by atoms with Crippen LogP contribution in [0.25, 0.3) is 0 Å². The molecule has 3 rings (SSSR count). The van der Waals surface area contributed by atoms with Crippen LogP contribution in [0.5, 0.6) is 0 Å². The van der Waals surface area contributed by atoms with Gasteiger partial charge in [-0.25, -0.2) is 0 Å². The molecule has 1 aliphatic carbocycles. The predicted octanol–water partition coefficient (Wildman–Crippen LogP) is 5.46. The van der Waals surface area contributed by atoms with Crippen molar-refractivity contribution in [3.8, 4) is 0 Å². The first-order valence-corrected chi connectivity index (χ1v) is 8.42. The molecule has 1 atom stereocenters. The molecule has 2 aliphatic rings. The number of hydrogen-bond acceptors (Lipinski definition) is 1. The molecule has 1 aromatic rings. The topological polar surface area (TPSA) is 12.0 Å². The number of anilines is 1. The summed E-state index contributed by atoms with van der Waals surface area (Å²) >= 11 is 0. The van der Waals surface area contributed by atoms with E-state index in [1.54, 1.807) is 5.56 Å². The lowest BCUT2D eigenvalue weighted by Crippen LogP contribution is -2.14. The van der Waals surface area contributed by atoms with Gasteiger partial charge in [0.25, 0.3) is 0 Å². The van der Waals surface area contributed by atoms with Gasteiger partial charge in [0, 0.05) is 18.2 Å². The van der Waals surface area contributed by atoms with Gasteiger partial charge in [-0.05, 0) is 34.9 Å². The number of rotatable bonds is 2. The zero-order valence-electron chi connectivity index (χ0n) is 13.3. The summed E-state index contributed by atoms with van der Waals surface area (Å²) in [6, 6.07) is 7.08. The Labute approximate surface area is 124 Å². The first-order valence-electron chi connectivity index (χ1n) is 8.42. The van der Waals surface area contributed by atoms with E-state index >= 15 is 0 Å². The molecule has 1 unspecified atom stereocenters. The van der Waals surface area contributed by atoms with Gasteiger partial charge < -0.3 is 5.32 Å². The third-order valence-corrected chi connectivity index (χ3v) is 5.24. The van der Waals surface area contributed by atoms with E-state index in [1.165, 1.54) is 49.8 Å². The minimum atomic E-state index is 0.257. The van der Waals surface area contributed by atoms with Gasteiger partial charge in [-0.1, -0.05) is 65.0 Å².